The summed E-state index contributed by atoms with van der Waals surface area (Å²) >= 11 is 0. The molecule has 35 heavy (non-hydrogen) atoms. The number of alkyl halides is 3. The lowest BCUT2D eigenvalue weighted by Crippen LogP contribution is -2.16. The van der Waals surface area contributed by atoms with Gasteiger partial charge in [-0.3, -0.25) is 0 Å². The summed E-state index contributed by atoms with van der Waals surface area (Å²) in [4.78, 5) is 0. The molecule has 0 spiro atoms. The maximum atomic E-state index is 15.2. The summed E-state index contributed by atoms with van der Waals surface area (Å²) in [5.74, 6) is -0.645. The number of hydrogen-bond donors (Lipinski definition) is 0. The zero-order valence-electron chi connectivity index (χ0n) is 19.4. The van der Waals surface area contributed by atoms with Crippen LogP contribution in [0.3, 0.4) is 0 Å². The van der Waals surface area contributed by atoms with Crippen LogP contribution in [0.1, 0.15) is 56.9 Å². The Morgan fingerprint density at radius 1 is 0.829 bits per heavy atom. The first-order valence-electron chi connectivity index (χ1n) is 11.9. The quantitative estimate of drug-likeness (QED) is 0.307. The van der Waals surface area contributed by atoms with Crippen molar-refractivity contribution >= 4 is 0 Å². The third-order valence-corrected chi connectivity index (χ3v) is 6.55. The van der Waals surface area contributed by atoms with E-state index >= 15 is 8.78 Å². The van der Waals surface area contributed by atoms with Crippen LogP contribution in [0.15, 0.2) is 60.7 Å². The highest BCUT2D eigenvalue weighted by atomic mass is 19.4. The highest BCUT2D eigenvalue weighted by Gasteiger charge is 2.31. The van der Waals surface area contributed by atoms with Crippen LogP contribution in [-0.2, 0) is 0 Å². The minimum absolute atomic E-state index is 0.0511. The van der Waals surface area contributed by atoms with Crippen molar-refractivity contribution in [3.63, 3.8) is 0 Å². The molecule has 0 saturated heterocycles. The molecule has 0 amide bonds. The second-order valence-electron chi connectivity index (χ2n) is 8.98. The van der Waals surface area contributed by atoms with Crippen molar-refractivity contribution in [1.82, 2.24) is 0 Å². The van der Waals surface area contributed by atoms with Crippen LogP contribution in [0.2, 0.25) is 0 Å². The molecular weight excluding hydrogens is 463 g/mol. The SMILES string of the molecule is CCCC1CCC(c2ccc(-c3cccc(Oc4ccc(OC(F)(F)F)cc4)c3F)c(F)c2)CC1. The fourth-order valence-corrected chi connectivity index (χ4v) is 4.83. The highest BCUT2D eigenvalue weighted by Crippen LogP contribution is 2.40. The van der Waals surface area contributed by atoms with Crippen LogP contribution in [0, 0.1) is 17.6 Å². The molecule has 1 saturated carbocycles. The molecule has 1 aliphatic carbocycles. The Morgan fingerprint density at radius 2 is 1.51 bits per heavy atom. The van der Waals surface area contributed by atoms with Gasteiger partial charge >= 0.3 is 6.36 Å². The van der Waals surface area contributed by atoms with Crippen molar-refractivity contribution in [2.45, 2.75) is 57.7 Å². The first kappa shape index (κ1) is 25.0. The molecule has 0 bridgehead atoms. The molecule has 1 aliphatic rings. The van der Waals surface area contributed by atoms with Crippen molar-refractivity contribution in [2.24, 2.45) is 5.92 Å². The summed E-state index contributed by atoms with van der Waals surface area (Å²) in [6.07, 6.45) is 1.99. The minimum Gasteiger partial charge on any atom is -0.454 e. The van der Waals surface area contributed by atoms with Crippen molar-refractivity contribution in [3.05, 3.63) is 77.9 Å². The number of rotatable bonds is 7. The fourth-order valence-electron chi connectivity index (χ4n) is 4.83. The third kappa shape index (κ3) is 6.32. The Labute approximate surface area is 201 Å². The predicted octanol–water partition coefficient (Wildman–Crippen LogP) is 9.40. The van der Waals surface area contributed by atoms with Crippen LogP contribution in [0.25, 0.3) is 11.1 Å². The van der Waals surface area contributed by atoms with Gasteiger partial charge in [0.2, 0.25) is 0 Å². The maximum Gasteiger partial charge on any atom is 0.573 e. The molecule has 0 atom stereocenters. The molecule has 3 aromatic rings. The van der Waals surface area contributed by atoms with E-state index in [2.05, 4.69) is 11.7 Å². The number of benzene rings is 3. The molecule has 2 nitrogen and oxygen atoms in total. The molecule has 4 rings (SSSR count). The van der Waals surface area contributed by atoms with E-state index in [0.29, 0.717) is 5.92 Å². The molecule has 0 aromatic heterocycles. The molecule has 0 radical (unpaired) electrons. The Bertz CT molecular complexity index is 1130. The van der Waals surface area contributed by atoms with E-state index in [4.69, 9.17) is 4.74 Å². The van der Waals surface area contributed by atoms with Crippen molar-refractivity contribution < 1.29 is 31.4 Å². The van der Waals surface area contributed by atoms with Gasteiger partial charge in [0.15, 0.2) is 11.6 Å². The predicted molar refractivity (Wildman–Crippen MR) is 125 cm³/mol. The Hall–Kier alpha value is -3.09. The summed E-state index contributed by atoms with van der Waals surface area (Å²) in [6, 6.07) is 14.0. The minimum atomic E-state index is -4.81. The summed E-state index contributed by atoms with van der Waals surface area (Å²) < 4.78 is 76.6. The summed E-state index contributed by atoms with van der Waals surface area (Å²) in [7, 11) is 0. The van der Waals surface area contributed by atoms with E-state index in [0.717, 1.165) is 49.3 Å². The molecule has 0 N–H and O–H groups in total. The first-order chi connectivity index (χ1) is 16.7. The smallest absolute Gasteiger partial charge is 0.454 e. The van der Waals surface area contributed by atoms with Gasteiger partial charge in [-0.25, -0.2) is 8.78 Å². The van der Waals surface area contributed by atoms with Crippen molar-refractivity contribution in [1.29, 1.82) is 0 Å². The molecule has 3 aromatic carbocycles. The second kappa shape index (κ2) is 10.7. The molecular formula is C28H27F5O2. The Kier molecular flexibility index (Phi) is 7.63. The van der Waals surface area contributed by atoms with Crippen molar-refractivity contribution in [2.75, 3.05) is 0 Å². The van der Waals surface area contributed by atoms with Gasteiger partial charge in [-0.05, 0) is 79.5 Å². The molecule has 0 unspecified atom stereocenters. The molecule has 186 valence electrons. The van der Waals surface area contributed by atoms with Gasteiger partial charge < -0.3 is 9.47 Å². The number of ether oxygens (including phenoxy) is 2. The number of halogens is 5. The van der Waals surface area contributed by atoms with Crippen LogP contribution >= 0.6 is 0 Å². The average molecular weight is 491 g/mol. The largest absolute Gasteiger partial charge is 0.573 e. The standard InChI is InChI=1S/C28H27F5O2/c1-2-4-18-7-9-19(10-8-18)20-11-16-23(25(29)17-20)24-5-3-6-26(27(24)30)34-21-12-14-22(15-13-21)35-28(31,32)33/h3,5-6,11-19H,2,4,7-10H2,1H3. The van der Waals surface area contributed by atoms with E-state index in [1.165, 1.54) is 49.2 Å². The molecule has 1 fully saturated rings. The normalized spacial score (nSPS) is 18.3. The van der Waals surface area contributed by atoms with Crippen LogP contribution in [-0.4, -0.2) is 6.36 Å². The van der Waals surface area contributed by atoms with Crippen LogP contribution < -0.4 is 9.47 Å². The Balaban J connectivity index is 1.49. The molecule has 0 heterocycles. The van der Waals surface area contributed by atoms with E-state index < -0.39 is 23.7 Å². The molecule has 7 heteroatoms. The van der Waals surface area contributed by atoms with Gasteiger partial charge in [0.05, 0.1) is 0 Å². The third-order valence-electron chi connectivity index (χ3n) is 6.55. The van der Waals surface area contributed by atoms with Gasteiger partial charge in [0, 0.05) is 11.1 Å². The van der Waals surface area contributed by atoms with Crippen LogP contribution in [0.5, 0.6) is 17.2 Å². The summed E-state index contributed by atoms with van der Waals surface area (Å²) in [6.45, 7) is 2.20. The number of hydrogen-bond acceptors (Lipinski definition) is 2. The maximum absolute atomic E-state index is 15.2. The lowest BCUT2D eigenvalue weighted by molar-refractivity contribution is -0.274. The van der Waals surface area contributed by atoms with Crippen molar-refractivity contribution in [3.8, 4) is 28.4 Å². The second-order valence-corrected chi connectivity index (χ2v) is 8.98. The van der Waals surface area contributed by atoms with Gasteiger partial charge in [0.25, 0.3) is 0 Å². The lowest BCUT2D eigenvalue weighted by atomic mass is 9.77. The highest BCUT2D eigenvalue weighted by molar-refractivity contribution is 5.67. The van der Waals surface area contributed by atoms with Gasteiger partial charge in [0.1, 0.15) is 17.3 Å². The van der Waals surface area contributed by atoms with Gasteiger partial charge in [-0.2, -0.15) is 0 Å². The average Bonchev–Trinajstić information content (AvgIpc) is 2.82. The molecule has 0 aliphatic heterocycles. The monoisotopic (exact) mass is 490 g/mol. The van der Waals surface area contributed by atoms with Gasteiger partial charge in [-0.1, -0.05) is 44.0 Å². The summed E-state index contributed by atoms with van der Waals surface area (Å²) in [5.41, 5.74) is 1.12. The topological polar surface area (TPSA) is 18.5 Å². The zero-order valence-corrected chi connectivity index (χ0v) is 19.4. The lowest BCUT2D eigenvalue weighted by Gasteiger charge is -2.28. The zero-order chi connectivity index (χ0) is 25.0. The Morgan fingerprint density at radius 3 is 2.14 bits per heavy atom. The van der Waals surface area contributed by atoms with Gasteiger partial charge in [-0.15, -0.1) is 13.2 Å². The van der Waals surface area contributed by atoms with E-state index in [1.807, 2.05) is 6.07 Å². The van der Waals surface area contributed by atoms with E-state index in [9.17, 15) is 13.2 Å². The van der Waals surface area contributed by atoms with Crippen LogP contribution in [0.4, 0.5) is 22.0 Å². The van der Waals surface area contributed by atoms with E-state index in [-0.39, 0.29) is 22.6 Å². The van der Waals surface area contributed by atoms with E-state index in [1.54, 1.807) is 6.07 Å². The summed E-state index contributed by atoms with van der Waals surface area (Å²) in [5, 5.41) is 0. The fraction of sp³-hybridized carbons (Fsp3) is 0.357. The first-order valence-corrected chi connectivity index (χ1v) is 11.9.